The molecule has 16 heavy (non-hydrogen) atoms. The van der Waals surface area contributed by atoms with E-state index in [9.17, 15) is 0 Å². The maximum atomic E-state index is 2.28. The fourth-order valence-corrected chi connectivity index (χ4v) is 1.87. The molecule has 0 aliphatic carbocycles. The molecule has 0 heteroatoms. The highest BCUT2D eigenvalue weighted by atomic mass is 14.0. The monoisotopic (exact) mass is 210 g/mol. The van der Waals surface area contributed by atoms with Gasteiger partial charge >= 0.3 is 0 Å². The van der Waals surface area contributed by atoms with Gasteiger partial charge in [0.2, 0.25) is 0 Å². The summed E-state index contributed by atoms with van der Waals surface area (Å²) in [5.41, 5.74) is 1.39. The molecule has 0 saturated heterocycles. The SMILES string of the molecule is CCCC=CCc1ccc2ccccc2c1. The first-order chi connectivity index (χ1) is 7.90. The molecule has 0 atom stereocenters. The molecule has 0 aliphatic rings. The van der Waals surface area contributed by atoms with Crippen LogP contribution in [0.5, 0.6) is 0 Å². The minimum absolute atomic E-state index is 1.05. The summed E-state index contributed by atoms with van der Waals surface area (Å²) in [6.07, 6.45) is 8.01. The van der Waals surface area contributed by atoms with E-state index in [0.717, 1.165) is 6.42 Å². The van der Waals surface area contributed by atoms with Crippen molar-refractivity contribution in [3.8, 4) is 0 Å². The van der Waals surface area contributed by atoms with Crippen molar-refractivity contribution in [1.29, 1.82) is 0 Å². The van der Waals surface area contributed by atoms with E-state index < -0.39 is 0 Å². The fourth-order valence-electron chi connectivity index (χ4n) is 1.87. The molecule has 0 radical (unpaired) electrons. The molecular formula is C16H18. The molecule has 0 fully saturated rings. The van der Waals surface area contributed by atoms with Crippen molar-refractivity contribution in [2.75, 3.05) is 0 Å². The Labute approximate surface area is 97.6 Å². The van der Waals surface area contributed by atoms with E-state index in [1.807, 2.05) is 0 Å². The first kappa shape index (κ1) is 10.9. The van der Waals surface area contributed by atoms with Crippen molar-refractivity contribution in [2.45, 2.75) is 26.2 Å². The van der Waals surface area contributed by atoms with Crippen molar-refractivity contribution in [3.63, 3.8) is 0 Å². The highest BCUT2D eigenvalue weighted by Crippen LogP contribution is 2.16. The molecule has 0 amide bonds. The van der Waals surface area contributed by atoms with Gasteiger partial charge in [0.25, 0.3) is 0 Å². The molecule has 2 aromatic carbocycles. The van der Waals surface area contributed by atoms with Gasteiger partial charge in [0.05, 0.1) is 0 Å². The molecule has 82 valence electrons. The summed E-state index contributed by atoms with van der Waals surface area (Å²) in [4.78, 5) is 0. The zero-order chi connectivity index (χ0) is 11.2. The van der Waals surface area contributed by atoms with Gasteiger partial charge in [-0.05, 0) is 29.2 Å². The van der Waals surface area contributed by atoms with E-state index in [1.165, 1.54) is 29.2 Å². The number of unbranched alkanes of at least 4 members (excludes halogenated alkanes) is 1. The number of fused-ring (bicyclic) bond motifs is 1. The van der Waals surface area contributed by atoms with E-state index in [0.29, 0.717) is 0 Å². The molecular weight excluding hydrogens is 192 g/mol. The summed E-state index contributed by atoms with van der Waals surface area (Å²) in [7, 11) is 0. The standard InChI is InChI=1S/C16H18/c1-2-3-4-5-8-14-11-12-15-9-6-7-10-16(15)13-14/h4-7,9-13H,2-3,8H2,1H3. The average molecular weight is 210 g/mol. The summed E-state index contributed by atoms with van der Waals surface area (Å²) in [6.45, 7) is 2.21. The lowest BCUT2D eigenvalue weighted by Gasteiger charge is -2.00. The van der Waals surface area contributed by atoms with Gasteiger partial charge in [-0.3, -0.25) is 0 Å². The molecule has 0 aliphatic heterocycles. The van der Waals surface area contributed by atoms with Crippen LogP contribution in [0.4, 0.5) is 0 Å². The molecule has 0 spiro atoms. The lowest BCUT2D eigenvalue weighted by atomic mass is 10.0. The van der Waals surface area contributed by atoms with E-state index in [2.05, 4.69) is 61.5 Å². The van der Waals surface area contributed by atoms with Crippen molar-refractivity contribution in [1.82, 2.24) is 0 Å². The first-order valence-corrected chi connectivity index (χ1v) is 6.03. The summed E-state index contributed by atoms with van der Waals surface area (Å²) < 4.78 is 0. The van der Waals surface area contributed by atoms with Crippen LogP contribution in [-0.2, 0) is 6.42 Å². The largest absolute Gasteiger partial charge is 0.0882 e. The molecule has 0 nitrogen and oxygen atoms in total. The third kappa shape index (κ3) is 2.73. The second-order valence-corrected chi connectivity index (χ2v) is 4.15. The lowest BCUT2D eigenvalue weighted by molar-refractivity contribution is 0.953. The van der Waals surface area contributed by atoms with Crippen molar-refractivity contribution in [2.24, 2.45) is 0 Å². The molecule has 0 N–H and O–H groups in total. The Morgan fingerprint density at radius 2 is 1.75 bits per heavy atom. The maximum Gasteiger partial charge on any atom is -0.00972 e. The minimum atomic E-state index is 1.05. The summed E-state index contributed by atoms with van der Waals surface area (Å²) in [5.74, 6) is 0. The van der Waals surface area contributed by atoms with Crippen LogP contribution in [0, 0.1) is 0 Å². The van der Waals surface area contributed by atoms with Crippen LogP contribution >= 0.6 is 0 Å². The zero-order valence-electron chi connectivity index (χ0n) is 9.82. The minimum Gasteiger partial charge on any atom is -0.0882 e. The van der Waals surface area contributed by atoms with Gasteiger partial charge in [0, 0.05) is 0 Å². The van der Waals surface area contributed by atoms with Crippen LogP contribution in [0.25, 0.3) is 10.8 Å². The highest BCUT2D eigenvalue weighted by molar-refractivity contribution is 5.83. The van der Waals surface area contributed by atoms with Crippen LogP contribution < -0.4 is 0 Å². The number of hydrogen-bond acceptors (Lipinski definition) is 0. The van der Waals surface area contributed by atoms with Gasteiger partial charge in [-0.2, -0.15) is 0 Å². The van der Waals surface area contributed by atoms with Crippen molar-refractivity contribution >= 4 is 10.8 Å². The van der Waals surface area contributed by atoms with Crippen molar-refractivity contribution in [3.05, 3.63) is 60.2 Å². The third-order valence-corrected chi connectivity index (χ3v) is 2.79. The molecule has 2 rings (SSSR count). The second kappa shape index (κ2) is 5.50. The number of hydrogen-bond donors (Lipinski definition) is 0. The smallest absolute Gasteiger partial charge is 0.00972 e. The fraction of sp³-hybridized carbons (Fsp3) is 0.250. The Kier molecular flexibility index (Phi) is 3.76. The van der Waals surface area contributed by atoms with Crippen LogP contribution in [0.3, 0.4) is 0 Å². The van der Waals surface area contributed by atoms with Gasteiger partial charge in [0.1, 0.15) is 0 Å². The van der Waals surface area contributed by atoms with E-state index in [1.54, 1.807) is 0 Å². The normalized spacial score (nSPS) is 11.3. The predicted molar refractivity (Wildman–Crippen MR) is 71.7 cm³/mol. The van der Waals surface area contributed by atoms with E-state index in [4.69, 9.17) is 0 Å². The molecule has 0 aromatic heterocycles. The van der Waals surface area contributed by atoms with Gasteiger partial charge in [0.15, 0.2) is 0 Å². The van der Waals surface area contributed by atoms with Gasteiger partial charge < -0.3 is 0 Å². The number of rotatable bonds is 4. The number of allylic oxidation sites excluding steroid dienone is 2. The summed E-state index contributed by atoms with van der Waals surface area (Å²) >= 11 is 0. The van der Waals surface area contributed by atoms with E-state index >= 15 is 0 Å². The van der Waals surface area contributed by atoms with Gasteiger partial charge in [-0.25, -0.2) is 0 Å². The van der Waals surface area contributed by atoms with Crippen LogP contribution in [-0.4, -0.2) is 0 Å². The highest BCUT2D eigenvalue weighted by Gasteiger charge is 1.93. The second-order valence-electron chi connectivity index (χ2n) is 4.15. The van der Waals surface area contributed by atoms with Crippen LogP contribution in [0.1, 0.15) is 25.3 Å². The maximum absolute atomic E-state index is 2.28. The van der Waals surface area contributed by atoms with Crippen molar-refractivity contribution < 1.29 is 0 Å². The van der Waals surface area contributed by atoms with Gasteiger partial charge in [-0.1, -0.05) is 68.0 Å². The zero-order valence-corrected chi connectivity index (χ0v) is 9.82. The topological polar surface area (TPSA) is 0 Å². The molecule has 2 aromatic rings. The third-order valence-electron chi connectivity index (χ3n) is 2.79. The predicted octanol–water partition coefficient (Wildman–Crippen LogP) is 4.74. The van der Waals surface area contributed by atoms with E-state index in [-0.39, 0.29) is 0 Å². The Morgan fingerprint density at radius 3 is 2.56 bits per heavy atom. The molecule has 0 bridgehead atoms. The van der Waals surface area contributed by atoms with Crippen LogP contribution in [0.15, 0.2) is 54.6 Å². The molecule has 0 saturated carbocycles. The van der Waals surface area contributed by atoms with Crippen LogP contribution in [0.2, 0.25) is 0 Å². The first-order valence-electron chi connectivity index (χ1n) is 6.03. The average Bonchev–Trinajstić information content (AvgIpc) is 2.34. The molecule has 0 unspecified atom stereocenters. The Morgan fingerprint density at radius 1 is 0.938 bits per heavy atom. The number of benzene rings is 2. The summed E-state index contributed by atoms with van der Waals surface area (Å²) in [6, 6.07) is 15.2. The Hall–Kier alpha value is -1.56. The van der Waals surface area contributed by atoms with Gasteiger partial charge in [-0.15, -0.1) is 0 Å². The Bertz CT molecular complexity index is 480. The lowest BCUT2D eigenvalue weighted by Crippen LogP contribution is -1.81. The molecule has 0 heterocycles. The summed E-state index contributed by atoms with van der Waals surface area (Å²) in [5, 5.41) is 2.66. The quantitative estimate of drug-likeness (QED) is 0.639. The Balaban J connectivity index is 2.13.